The van der Waals surface area contributed by atoms with Crippen molar-refractivity contribution in [2.45, 2.75) is 19.9 Å². The number of amides is 2. The summed E-state index contributed by atoms with van der Waals surface area (Å²) in [5.74, 6) is -0.325. The van der Waals surface area contributed by atoms with Crippen molar-refractivity contribution in [1.29, 1.82) is 0 Å². The highest BCUT2D eigenvalue weighted by molar-refractivity contribution is 7.80. The molecule has 2 N–H and O–H groups in total. The molecule has 0 aliphatic carbocycles. The van der Waals surface area contributed by atoms with Crippen LogP contribution in [-0.4, -0.2) is 28.6 Å². The zero-order valence-electron chi connectivity index (χ0n) is 9.73. The van der Waals surface area contributed by atoms with E-state index >= 15 is 0 Å². The molecule has 0 aromatic carbocycles. The third-order valence-electron chi connectivity index (χ3n) is 2.02. The SMILES string of the molecule is CC(=O)NC(CS)C(=O)Nc1cncc(C)c1. The van der Waals surface area contributed by atoms with Crippen molar-refractivity contribution in [1.82, 2.24) is 10.3 Å². The van der Waals surface area contributed by atoms with Gasteiger partial charge in [0, 0.05) is 18.9 Å². The maximum absolute atomic E-state index is 11.8. The van der Waals surface area contributed by atoms with E-state index in [-0.39, 0.29) is 17.6 Å². The summed E-state index contributed by atoms with van der Waals surface area (Å²) in [6.07, 6.45) is 3.24. The number of carbonyl (C=O) groups is 2. The highest BCUT2D eigenvalue weighted by Crippen LogP contribution is 2.07. The molecule has 0 aliphatic heterocycles. The fourth-order valence-electron chi connectivity index (χ4n) is 1.29. The van der Waals surface area contributed by atoms with E-state index in [1.54, 1.807) is 18.5 Å². The lowest BCUT2D eigenvalue weighted by molar-refractivity contribution is -0.124. The summed E-state index contributed by atoms with van der Waals surface area (Å²) in [5, 5.41) is 5.19. The molecule has 1 unspecified atom stereocenters. The first-order valence-corrected chi connectivity index (χ1v) is 5.76. The topological polar surface area (TPSA) is 71.1 Å². The second-order valence-electron chi connectivity index (χ2n) is 3.68. The molecule has 6 heteroatoms. The van der Waals surface area contributed by atoms with Crippen LogP contribution in [0.25, 0.3) is 0 Å². The van der Waals surface area contributed by atoms with Crippen LogP contribution in [-0.2, 0) is 9.59 Å². The number of thiol groups is 1. The van der Waals surface area contributed by atoms with E-state index in [0.29, 0.717) is 5.69 Å². The van der Waals surface area contributed by atoms with Crippen molar-refractivity contribution < 1.29 is 9.59 Å². The van der Waals surface area contributed by atoms with Crippen LogP contribution in [0.4, 0.5) is 5.69 Å². The fourth-order valence-corrected chi connectivity index (χ4v) is 1.55. The van der Waals surface area contributed by atoms with Gasteiger partial charge in [-0.3, -0.25) is 14.6 Å². The average Bonchev–Trinajstić information content (AvgIpc) is 2.25. The lowest BCUT2D eigenvalue weighted by Gasteiger charge is -2.15. The number of pyridine rings is 1. The van der Waals surface area contributed by atoms with E-state index in [1.165, 1.54) is 6.92 Å². The third-order valence-corrected chi connectivity index (χ3v) is 2.38. The highest BCUT2D eigenvalue weighted by atomic mass is 32.1. The Labute approximate surface area is 105 Å². The van der Waals surface area contributed by atoms with E-state index in [0.717, 1.165) is 5.56 Å². The molecule has 5 nitrogen and oxygen atoms in total. The molecule has 0 bridgehead atoms. The minimum absolute atomic E-state index is 0.241. The quantitative estimate of drug-likeness (QED) is 0.694. The van der Waals surface area contributed by atoms with Crippen molar-refractivity contribution >= 4 is 30.1 Å². The first-order valence-electron chi connectivity index (χ1n) is 5.13. The van der Waals surface area contributed by atoms with Crippen molar-refractivity contribution in [2.75, 3.05) is 11.1 Å². The highest BCUT2D eigenvalue weighted by Gasteiger charge is 2.17. The zero-order valence-corrected chi connectivity index (χ0v) is 10.6. The van der Waals surface area contributed by atoms with Crippen LogP contribution in [0.1, 0.15) is 12.5 Å². The van der Waals surface area contributed by atoms with Crippen LogP contribution in [0.3, 0.4) is 0 Å². The number of hydrogen-bond acceptors (Lipinski definition) is 4. The van der Waals surface area contributed by atoms with Gasteiger partial charge in [-0.2, -0.15) is 12.6 Å². The van der Waals surface area contributed by atoms with Crippen LogP contribution < -0.4 is 10.6 Å². The number of rotatable bonds is 4. The average molecular weight is 253 g/mol. The second kappa shape index (κ2) is 6.24. The lowest BCUT2D eigenvalue weighted by Crippen LogP contribution is -2.44. The van der Waals surface area contributed by atoms with Gasteiger partial charge in [-0.15, -0.1) is 0 Å². The number of aryl methyl sites for hydroxylation is 1. The molecular weight excluding hydrogens is 238 g/mol. The Kier molecular flexibility index (Phi) is 4.96. The van der Waals surface area contributed by atoms with Gasteiger partial charge >= 0.3 is 0 Å². The van der Waals surface area contributed by atoms with Gasteiger partial charge in [0.2, 0.25) is 11.8 Å². The van der Waals surface area contributed by atoms with E-state index < -0.39 is 6.04 Å². The maximum Gasteiger partial charge on any atom is 0.247 e. The number of aromatic nitrogens is 1. The smallest absolute Gasteiger partial charge is 0.247 e. The van der Waals surface area contributed by atoms with Gasteiger partial charge in [-0.25, -0.2) is 0 Å². The number of hydrogen-bond donors (Lipinski definition) is 3. The van der Waals surface area contributed by atoms with Crippen molar-refractivity contribution in [3.63, 3.8) is 0 Å². The zero-order chi connectivity index (χ0) is 12.8. The van der Waals surface area contributed by atoms with E-state index in [1.807, 2.05) is 6.92 Å². The molecule has 0 spiro atoms. The predicted octanol–water partition coefficient (Wildman–Crippen LogP) is 0.763. The van der Waals surface area contributed by atoms with Crippen LogP contribution in [0.2, 0.25) is 0 Å². The van der Waals surface area contributed by atoms with E-state index in [4.69, 9.17) is 0 Å². The van der Waals surface area contributed by atoms with Crippen LogP contribution in [0.15, 0.2) is 18.5 Å². The van der Waals surface area contributed by atoms with Gasteiger partial charge in [0.25, 0.3) is 0 Å². The summed E-state index contributed by atoms with van der Waals surface area (Å²) < 4.78 is 0. The fraction of sp³-hybridized carbons (Fsp3) is 0.364. The van der Waals surface area contributed by atoms with Crippen LogP contribution in [0, 0.1) is 6.92 Å². The molecule has 0 fully saturated rings. The molecule has 1 aromatic rings. The molecule has 0 aliphatic rings. The Balaban J connectivity index is 2.67. The van der Waals surface area contributed by atoms with Crippen molar-refractivity contribution in [2.24, 2.45) is 0 Å². The molecule has 17 heavy (non-hydrogen) atoms. The van der Waals surface area contributed by atoms with E-state index in [2.05, 4.69) is 28.2 Å². The van der Waals surface area contributed by atoms with Crippen molar-refractivity contribution in [3.05, 3.63) is 24.0 Å². The Hall–Kier alpha value is -1.56. The Bertz CT molecular complexity index is 423. The molecule has 1 rings (SSSR count). The van der Waals surface area contributed by atoms with Gasteiger partial charge < -0.3 is 10.6 Å². The molecule has 0 radical (unpaired) electrons. The number of nitrogens with one attached hydrogen (secondary N) is 2. The summed E-state index contributed by atoms with van der Waals surface area (Å²) in [6, 6.07) is 1.16. The van der Waals surface area contributed by atoms with Crippen LogP contribution in [0.5, 0.6) is 0 Å². The largest absolute Gasteiger partial charge is 0.344 e. The van der Waals surface area contributed by atoms with Gasteiger partial charge in [-0.1, -0.05) is 0 Å². The first-order chi connectivity index (χ1) is 8.02. The molecule has 1 aromatic heterocycles. The molecule has 0 saturated carbocycles. The standard InChI is InChI=1S/C11H15N3O2S/c1-7-3-9(5-12-4-7)14-11(16)10(6-17)13-8(2)15/h3-5,10,17H,6H2,1-2H3,(H,13,15)(H,14,16). The van der Waals surface area contributed by atoms with Crippen molar-refractivity contribution in [3.8, 4) is 0 Å². The van der Waals surface area contributed by atoms with Gasteiger partial charge in [0.05, 0.1) is 11.9 Å². The van der Waals surface area contributed by atoms with E-state index in [9.17, 15) is 9.59 Å². The third kappa shape index (κ3) is 4.44. The number of anilines is 1. The normalized spacial score (nSPS) is 11.7. The monoisotopic (exact) mass is 253 g/mol. The Morgan fingerprint density at radius 1 is 1.47 bits per heavy atom. The molecule has 92 valence electrons. The summed E-state index contributed by atoms with van der Waals surface area (Å²) >= 11 is 4.03. The molecule has 0 saturated heterocycles. The Morgan fingerprint density at radius 2 is 2.18 bits per heavy atom. The molecule has 1 heterocycles. The number of nitrogens with zero attached hydrogens (tertiary/aromatic N) is 1. The second-order valence-corrected chi connectivity index (χ2v) is 4.04. The Morgan fingerprint density at radius 3 is 2.71 bits per heavy atom. The lowest BCUT2D eigenvalue weighted by atomic mass is 10.2. The minimum atomic E-state index is -0.642. The molecule has 1 atom stereocenters. The first kappa shape index (κ1) is 13.5. The predicted molar refractivity (Wildman–Crippen MR) is 69.1 cm³/mol. The number of carbonyl (C=O) groups excluding carboxylic acids is 2. The van der Waals surface area contributed by atoms with Gasteiger partial charge in [-0.05, 0) is 18.6 Å². The maximum atomic E-state index is 11.8. The van der Waals surface area contributed by atoms with Gasteiger partial charge in [0.15, 0.2) is 0 Å². The minimum Gasteiger partial charge on any atom is -0.344 e. The molecular formula is C11H15N3O2S. The van der Waals surface area contributed by atoms with Gasteiger partial charge in [0.1, 0.15) is 6.04 Å². The summed E-state index contributed by atoms with van der Waals surface area (Å²) in [7, 11) is 0. The van der Waals surface area contributed by atoms with Crippen LogP contribution >= 0.6 is 12.6 Å². The summed E-state index contributed by atoms with van der Waals surface area (Å²) in [4.78, 5) is 26.6. The summed E-state index contributed by atoms with van der Waals surface area (Å²) in [5.41, 5.74) is 1.55. The molecule has 2 amide bonds. The summed E-state index contributed by atoms with van der Waals surface area (Å²) in [6.45, 7) is 3.24.